The Balaban J connectivity index is 4.70. The summed E-state index contributed by atoms with van der Waals surface area (Å²) in [5.74, 6) is -1.47. The van der Waals surface area contributed by atoms with Gasteiger partial charge in [-0.1, -0.05) is 206 Å². The molecule has 0 saturated heterocycles. The summed E-state index contributed by atoms with van der Waals surface area (Å²) in [7, 11) is -4.74. The minimum Gasteiger partial charge on any atom is -0.462 e. The molecule has 0 bridgehead atoms. The van der Waals surface area contributed by atoms with Crippen LogP contribution >= 0.6 is 7.82 Å². The number of hydrogen-bond acceptors (Lipinski definition) is 10. The van der Waals surface area contributed by atoms with E-state index in [1.54, 1.807) is 0 Å². The third-order valence-electron chi connectivity index (χ3n) is 11.8. The monoisotopic (exact) mass is 957 g/mol. The van der Waals surface area contributed by atoms with Crippen LogP contribution in [0.3, 0.4) is 0 Å². The van der Waals surface area contributed by atoms with Gasteiger partial charge in [0.2, 0.25) is 0 Å². The molecule has 0 aromatic carbocycles. The predicted octanol–water partition coefficient (Wildman–Crippen LogP) is 15.5. The van der Waals surface area contributed by atoms with E-state index in [-0.39, 0.29) is 25.9 Å². The molecule has 0 aliphatic heterocycles. The van der Waals surface area contributed by atoms with Crippen molar-refractivity contribution in [3.8, 4) is 0 Å². The van der Waals surface area contributed by atoms with Crippen molar-refractivity contribution in [3.63, 3.8) is 0 Å². The molecule has 0 aliphatic rings. The molecule has 388 valence electrons. The SMILES string of the molecule is CCCC/C=C\CCCCCCCC(=O)OCC(COP(=O)(O)OCC(CO)OC(=O)CCCCCCCCCCCCCCC)OC(=O)CCCCCCC/C=C\CCCCCCCC. The van der Waals surface area contributed by atoms with E-state index in [9.17, 15) is 28.9 Å². The van der Waals surface area contributed by atoms with E-state index in [2.05, 4.69) is 45.1 Å². The lowest BCUT2D eigenvalue weighted by Crippen LogP contribution is -2.30. The van der Waals surface area contributed by atoms with Gasteiger partial charge in [-0.2, -0.15) is 0 Å². The predicted molar refractivity (Wildman–Crippen MR) is 270 cm³/mol. The maximum absolute atomic E-state index is 12.8. The molecule has 12 heteroatoms. The average Bonchev–Trinajstić information content (AvgIpc) is 3.30. The van der Waals surface area contributed by atoms with Gasteiger partial charge in [0.25, 0.3) is 0 Å². The Morgan fingerprint density at radius 2 is 0.712 bits per heavy atom. The normalized spacial score (nSPS) is 13.6. The van der Waals surface area contributed by atoms with Crippen molar-refractivity contribution in [1.82, 2.24) is 0 Å². The molecule has 0 aliphatic carbocycles. The fourth-order valence-electron chi connectivity index (χ4n) is 7.63. The van der Waals surface area contributed by atoms with Gasteiger partial charge >= 0.3 is 25.7 Å². The summed E-state index contributed by atoms with van der Waals surface area (Å²) < 4.78 is 39.4. The highest BCUT2D eigenvalue weighted by Crippen LogP contribution is 2.43. The summed E-state index contributed by atoms with van der Waals surface area (Å²) >= 11 is 0. The first kappa shape index (κ1) is 64.0. The third kappa shape index (κ3) is 47.0. The van der Waals surface area contributed by atoms with Crippen LogP contribution in [0.4, 0.5) is 0 Å². The van der Waals surface area contributed by atoms with Crippen molar-refractivity contribution in [2.24, 2.45) is 0 Å². The largest absolute Gasteiger partial charge is 0.472 e. The number of carbonyl (C=O) groups excluding carboxylic acids is 3. The third-order valence-corrected chi connectivity index (χ3v) is 12.8. The zero-order chi connectivity index (χ0) is 48.4. The van der Waals surface area contributed by atoms with Crippen LogP contribution in [0.1, 0.15) is 265 Å². The number of unbranched alkanes of at least 4 members (excludes halogenated alkanes) is 30. The second-order valence-electron chi connectivity index (χ2n) is 18.4. The molecule has 2 N–H and O–H groups in total. The van der Waals surface area contributed by atoms with Crippen molar-refractivity contribution in [3.05, 3.63) is 24.3 Å². The highest BCUT2D eigenvalue weighted by molar-refractivity contribution is 7.47. The van der Waals surface area contributed by atoms with Crippen molar-refractivity contribution >= 4 is 25.7 Å². The number of ether oxygens (including phenoxy) is 3. The van der Waals surface area contributed by atoms with E-state index in [4.69, 9.17) is 23.3 Å². The minimum absolute atomic E-state index is 0.160. The lowest BCUT2D eigenvalue weighted by Gasteiger charge is -2.21. The number of phosphoric acid groups is 1. The molecule has 0 radical (unpaired) electrons. The Kier molecular flexibility index (Phi) is 47.9. The van der Waals surface area contributed by atoms with Gasteiger partial charge in [-0.25, -0.2) is 4.57 Å². The molecular weight excluding hydrogens is 856 g/mol. The Morgan fingerprint density at radius 1 is 0.409 bits per heavy atom. The molecule has 0 heterocycles. The van der Waals surface area contributed by atoms with Crippen LogP contribution in [0.2, 0.25) is 0 Å². The van der Waals surface area contributed by atoms with Crippen LogP contribution < -0.4 is 0 Å². The van der Waals surface area contributed by atoms with E-state index >= 15 is 0 Å². The van der Waals surface area contributed by atoms with Crippen molar-refractivity contribution in [2.75, 3.05) is 26.4 Å². The molecule has 0 spiro atoms. The molecule has 3 unspecified atom stereocenters. The van der Waals surface area contributed by atoms with Crippen LogP contribution in [0.15, 0.2) is 24.3 Å². The molecule has 0 fully saturated rings. The molecule has 0 aromatic rings. The molecular formula is C54H101O11P. The molecule has 66 heavy (non-hydrogen) atoms. The van der Waals surface area contributed by atoms with Crippen LogP contribution in [-0.4, -0.2) is 66.5 Å². The summed E-state index contributed by atoms with van der Waals surface area (Å²) in [6, 6.07) is 0. The molecule has 0 rings (SSSR count). The quantitative estimate of drug-likeness (QED) is 0.0197. The number of aliphatic hydroxyl groups is 1. The Morgan fingerprint density at radius 3 is 1.09 bits per heavy atom. The van der Waals surface area contributed by atoms with Crippen LogP contribution in [0.5, 0.6) is 0 Å². The van der Waals surface area contributed by atoms with Gasteiger partial charge in [0.15, 0.2) is 6.10 Å². The highest BCUT2D eigenvalue weighted by atomic mass is 31.2. The van der Waals surface area contributed by atoms with Gasteiger partial charge in [-0.3, -0.25) is 23.4 Å². The zero-order valence-corrected chi connectivity index (χ0v) is 43.6. The Labute approximate surface area is 404 Å². The van der Waals surface area contributed by atoms with Crippen LogP contribution in [0, 0.1) is 0 Å². The topological polar surface area (TPSA) is 155 Å². The summed E-state index contributed by atoms with van der Waals surface area (Å²) in [4.78, 5) is 48.3. The van der Waals surface area contributed by atoms with Crippen molar-refractivity contribution in [1.29, 1.82) is 0 Å². The molecule has 11 nitrogen and oxygen atoms in total. The standard InChI is InChI=1S/C54H101O11P/c1-4-7-10-13-16-19-22-24-25-27-30-33-36-39-42-45-54(58)65-51(47-61-52(56)43-40-37-34-31-28-21-18-15-12-9-6-3)49-63-66(59,60)62-48-50(46-55)64-53(57)44-41-38-35-32-29-26-23-20-17-14-11-8-5-2/h15,18,24-25,50-51,55H,4-14,16-17,19-23,26-49H2,1-3H3,(H,59,60)/b18-15-,25-24-. The van der Waals surface area contributed by atoms with Crippen LogP contribution in [-0.2, 0) is 42.2 Å². The summed E-state index contributed by atoms with van der Waals surface area (Å²) in [5.41, 5.74) is 0. The number of carbonyl (C=O) groups is 3. The van der Waals surface area contributed by atoms with Crippen molar-refractivity contribution in [2.45, 2.75) is 277 Å². The van der Waals surface area contributed by atoms with Gasteiger partial charge in [0, 0.05) is 19.3 Å². The summed E-state index contributed by atoms with van der Waals surface area (Å²) in [6.07, 6.45) is 47.1. The lowest BCUT2D eigenvalue weighted by molar-refractivity contribution is -0.161. The number of aliphatic hydroxyl groups excluding tert-OH is 1. The molecule has 0 saturated carbocycles. The molecule has 3 atom stereocenters. The van der Waals surface area contributed by atoms with Gasteiger partial charge in [-0.05, 0) is 64.2 Å². The van der Waals surface area contributed by atoms with Gasteiger partial charge in [0.05, 0.1) is 19.8 Å². The number of rotatable bonds is 51. The van der Waals surface area contributed by atoms with E-state index in [1.807, 2.05) is 0 Å². The number of esters is 3. The maximum atomic E-state index is 12.8. The number of hydrogen-bond donors (Lipinski definition) is 2. The first-order valence-electron chi connectivity index (χ1n) is 27.2. The molecule has 0 aromatic heterocycles. The van der Waals surface area contributed by atoms with E-state index in [0.29, 0.717) is 19.3 Å². The summed E-state index contributed by atoms with van der Waals surface area (Å²) in [6.45, 7) is 4.60. The number of phosphoric ester groups is 1. The van der Waals surface area contributed by atoms with Gasteiger partial charge in [0.1, 0.15) is 12.7 Å². The fraction of sp³-hybridized carbons (Fsp3) is 0.870. The van der Waals surface area contributed by atoms with Crippen molar-refractivity contribution < 1.29 is 52.2 Å². The highest BCUT2D eigenvalue weighted by Gasteiger charge is 2.28. The fourth-order valence-corrected chi connectivity index (χ4v) is 8.41. The second kappa shape index (κ2) is 49.4. The molecule has 0 amide bonds. The van der Waals surface area contributed by atoms with E-state index in [0.717, 1.165) is 96.3 Å². The Hall–Kier alpha value is -2.04. The lowest BCUT2D eigenvalue weighted by atomic mass is 10.0. The minimum atomic E-state index is -4.74. The van der Waals surface area contributed by atoms with E-state index in [1.165, 1.54) is 109 Å². The smallest absolute Gasteiger partial charge is 0.462 e. The zero-order valence-electron chi connectivity index (χ0n) is 42.7. The van der Waals surface area contributed by atoms with Crippen LogP contribution in [0.25, 0.3) is 0 Å². The first-order valence-corrected chi connectivity index (χ1v) is 28.7. The second-order valence-corrected chi connectivity index (χ2v) is 19.8. The average molecular weight is 957 g/mol. The van der Waals surface area contributed by atoms with E-state index < -0.39 is 57.8 Å². The Bertz CT molecular complexity index is 1210. The van der Waals surface area contributed by atoms with Gasteiger partial charge < -0.3 is 24.2 Å². The summed E-state index contributed by atoms with van der Waals surface area (Å²) in [5, 5.41) is 9.78. The maximum Gasteiger partial charge on any atom is 0.472 e. The van der Waals surface area contributed by atoms with Gasteiger partial charge in [-0.15, -0.1) is 0 Å². The number of allylic oxidation sites excluding steroid dienone is 4. The first-order chi connectivity index (χ1) is 32.2.